The van der Waals surface area contributed by atoms with Gasteiger partial charge in [-0.3, -0.25) is 14.6 Å². The van der Waals surface area contributed by atoms with Gasteiger partial charge in [0.05, 0.1) is 5.84 Å². The first-order chi connectivity index (χ1) is 25.5. The van der Waals surface area contributed by atoms with Crippen LogP contribution < -0.4 is 10.5 Å². The smallest absolute Gasteiger partial charge is 0.273 e. The van der Waals surface area contributed by atoms with E-state index in [0.717, 1.165) is 38.8 Å². The summed E-state index contributed by atoms with van der Waals surface area (Å²) in [5, 5.41) is 1.60. The Balaban J connectivity index is 0.00000385. The molecule has 0 saturated heterocycles. The summed E-state index contributed by atoms with van der Waals surface area (Å²) in [6.45, 7) is 20.2. The van der Waals surface area contributed by atoms with Gasteiger partial charge in [-0.05, 0) is 88.7 Å². The zero-order valence-electron chi connectivity index (χ0n) is 33.2. The molecule has 1 heterocycles. The lowest BCUT2D eigenvalue weighted by molar-refractivity contribution is -0.122. The predicted molar refractivity (Wildman–Crippen MR) is 223 cm³/mol. The predicted octanol–water partition coefficient (Wildman–Crippen LogP) is 11.4. The quantitative estimate of drug-likeness (QED) is 0.0934. The minimum Gasteiger partial charge on any atom is -0.457 e. The summed E-state index contributed by atoms with van der Waals surface area (Å²) in [4.78, 5) is 38.3. The Hall–Kier alpha value is -5.08. The molecule has 0 unspecified atom stereocenters. The molecule has 54 heavy (non-hydrogen) atoms. The van der Waals surface area contributed by atoms with E-state index in [4.69, 9.17) is 22.1 Å². The lowest BCUT2D eigenvalue weighted by Gasteiger charge is -2.35. The standard InChI is InChI=1S/C43H48ClFN4O3.C2H6/c1-9-30(14-18-35(45)25-44)31-12-10-29(11-13-31)22-39(40(50)48-28(2)46)49(27-42(3,4)5)41(51)38-24-32-15-19-37(23-33(32)26-47-38)52-36-20-16-34(17-21-36)43(6,7)8;1-2/h9-21,23-26,39H,22,27H2,1-8H3,(H2,46,48,50);1-2H3/b18-14-,30-9+,35-25-;/t39-;/m0./s1. The molecule has 4 rings (SSSR count). The highest BCUT2D eigenvalue weighted by molar-refractivity contribution is 6.25. The van der Waals surface area contributed by atoms with Gasteiger partial charge in [0.1, 0.15) is 29.1 Å². The third-order valence-corrected chi connectivity index (χ3v) is 8.48. The van der Waals surface area contributed by atoms with Crippen molar-refractivity contribution >= 4 is 45.6 Å². The maximum Gasteiger partial charge on any atom is 0.273 e. The summed E-state index contributed by atoms with van der Waals surface area (Å²) in [6.07, 6.45) is 6.61. The summed E-state index contributed by atoms with van der Waals surface area (Å²) in [7, 11) is 0. The van der Waals surface area contributed by atoms with Gasteiger partial charge in [-0.2, -0.15) is 4.99 Å². The number of carbonyl (C=O) groups excluding carboxylic acids is 2. The van der Waals surface area contributed by atoms with E-state index in [1.54, 1.807) is 23.2 Å². The Bertz CT molecular complexity index is 2020. The zero-order chi connectivity index (χ0) is 40.2. The van der Waals surface area contributed by atoms with Gasteiger partial charge in [-0.15, -0.1) is 0 Å². The number of halogens is 2. The van der Waals surface area contributed by atoms with E-state index in [-0.39, 0.29) is 35.3 Å². The van der Waals surface area contributed by atoms with Crippen LogP contribution >= 0.6 is 11.6 Å². The van der Waals surface area contributed by atoms with Gasteiger partial charge < -0.3 is 15.4 Å². The summed E-state index contributed by atoms with van der Waals surface area (Å²) < 4.78 is 19.8. The average molecular weight is 753 g/mol. The molecule has 2 N–H and O–H groups in total. The molecule has 3 aromatic carbocycles. The number of amidine groups is 1. The first-order valence-corrected chi connectivity index (χ1v) is 18.6. The number of ether oxygens (including phenoxy) is 1. The third kappa shape index (κ3) is 12.5. The number of aromatic nitrogens is 1. The minimum absolute atomic E-state index is 0.0426. The fraction of sp³-hybridized carbons (Fsp3) is 0.333. The number of pyridine rings is 1. The monoisotopic (exact) mass is 752 g/mol. The second-order valence-electron chi connectivity index (χ2n) is 15.0. The molecular weight excluding hydrogens is 699 g/mol. The van der Waals surface area contributed by atoms with E-state index in [2.05, 4.69) is 42.9 Å². The highest BCUT2D eigenvalue weighted by atomic mass is 35.5. The Labute approximate surface area is 325 Å². The van der Waals surface area contributed by atoms with Gasteiger partial charge in [0.2, 0.25) is 0 Å². The first kappa shape index (κ1) is 43.3. The van der Waals surface area contributed by atoms with Gasteiger partial charge >= 0.3 is 0 Å². The summed E-state index contributed by atoms with van der Waals surface area (Å²) in [5.41, 5.74) is 10.3. The van der Waals surface area contributed by atoms with Crippen LogP contribution in [-0.2, 0) is 16.6 Å². The highest BCUT2D eigenvalue weighted by Gasteiger charge is 2.34. The van der Waals surface area contributed by atoms with Crippen molar-refractivity contribution in [3.63, 3.8) is 0 Å². The van der Waals surface area contributed by atoms with Crippen molar-refractivity contribution in [3.05, 3.63) is 131 Å². The van der Waals surface area contributed by atoms with Crippen LogP contribution in [0.15, 0.2) is 114 Å². The van der Waals surface area contributed by atoms with Gasteiger partial charge in [-0.1, -0.05) is 122 Å². The van der Waals surface area contributed by atoms with Crippen LogP contribution in [0.2, 0.25) is 0 Å². The molecule has 0 saturated carbocycles. The van der Waals surface area contributed by atoms with Crippen molar-refractivity contribution in [2.75, 3.05) is 6.54 Å². The minimum atomic E-state index is -0.960. The van der Waals surface area contributed by atoms with Gasteiger partial charge in [0.15, 0.2) is 0 Å². The van der Waals surface area contributed by atoms with E-state index in [1.165, 1.54) is 18.6 Å². The number of amides is 2. The summed E-state index contributed by atoms with van der Waals surface area (Å²) in [5.74, 6) is -0.0134. The Morgan fingerprint density at radius 2 is 1.56 bits per heavy atom. The number of benzene rings is 3. The van der Waals surface area contributed by atoms with Crippen LogP contribution in [0.25, 0.3) is 16.3 Å². The molecule has 0 spiro atoms. The third-order valence-electron chi connectivity index (χ3n) is 8.28. The van der Waals surface area contributed by atoms with Crippen LogP contribution in [0.5, 0.6) is 11.5 Å². The fourth-order valence-corrected chi connectivity index (χ4v) is 5.71. The molecule has 0 bridgehead atoms. The van der Waals surface area contributed by atoms with Crippen LogP contribution in [0.4, 0.5) is 4.39 Å². The van der Waals surface area contributed by atoms with Gasteiger partial charge in [0, 0.05) is 30.1 Å². The van der Waals surface area contributed by atoms with Crippen LogP contribution in [0.1, 0.15) is 96.4 Å². The van der Waals surface area contributed by atoms with Crippen molar-refractivity contribution in [1.82, 2.24) is 9.88 Å². The van der Waals surface area contributed by atoms with E-state index in [1.807, 2.05) is 102 Å². The van der Waals surface area contributed by atoms with Gasteiger partial charge in [-0.25, -0.2) is 4.39 Å². The van der Waals surface area contributed by atoms with Crippen molar-refractivity contribution < 1.29 is 18.7 Å². The molecule has 0 radical (unpaired) electrons. The van der Waals surface area contributed by atoms with Gasteiger partial charge in [0.25, 0.3) is 11.8 Å². The van der Waals surface area contributed by atoms with Crippen LogP contribution in [-0.4, -0.2) is 40.1 Å². The molecule has 0 aliphatic rings. The number of aliphatic imine (C=N–C) groups is 1. The average Bonchev–Trinajstić information content (AvgIpc) is 3.13. The summed E-state index contributed by atoms with van der Waals surface area (Å²) in [6, 6.07) is 22.0. The van der Waals surface area contributed by atoms with E-state index < -0.39 is 23.7 Å². The molecule has 0 aliphatic heterocycles. The number of nitrogens with two attached hydrogens (primary N) is 1. The molecule has 1 aromatic heterocycles. The molecule has 286 valence electrons. The molecule has 1 atom stereocenters. The highest BCUT2D eigenvalue weighted by Crippen LogP contribution is 2.30. The second-order valence-corrected chi connectivity index (χ2v) is 15.2. The molecular formula is C45H54ClFN4O3. The fourth-order valence-electron chi connectivity index (χ4n) is 5.64. The van der Waals surface area contributed by atoms with Crippen molar-refractivity contribution in [2.24, 2.45) is 16.1 Å². The van der Waals surface area contributed by atoms with E-state index >= 15 is 0 Å². The zero-order valence-corrected chi connectivity index (χ0v) is 34.0. The lowest BCUT2D eigenvalue weighted by Crippen LogP contribution is -2.49. The van der Waals surface area contributed by atoms with Crippen LogP contribution in [0, 0.1) is 5.41 Å². The Morgan fingerprint density at radius 3 is 2.11 bits per heavy atom. The van der Waals surface area contributed by atoms with Crippen molar-refractivity contribution in [3.8, 4) is 11.5 Å². The molecule has 0 fully saturated rings. The normalized spacial score (nSPS) is 13.4. The van der Waals surface area contributed by atoms with E-state index in [0.29, 0.717) is 5.75 Å². The molecule has 4 aromatic rings. The topological polar surface area (TPSA) is 97.9 Å². The largest absolute Gasteiger partial charge is 0.457 e. The van der Waals surface area contributed by atoms with Crippen molar-refractivity contribution in [2.45, 2.75) is 87.1 Å². The number of hydrogen-bond donors (Lipinski definition) is 1. The Kier molecular flexibility index (Phi) is 15.5. The number of hydrogen-bond acceptors (Lipinski definition) is 4. The number of allylic oxidation sites excluding steroid dienone is 5. The molecule has 2 amide bonds. The maximum absolute atomic E-state index is 14.4. The molecule has 7 nitrogen and oxygen atoms in total. The lowest BCUT2D eigenvalue weighted by atomic mass is 9.87. The van der Waals surface area contributed by atoms with E-state index in [9.17, 15) is 14.0 Å². The second kappa shape index (κ2) is 19.3. The number of carbonyl (C=O) groups is 2. The van der Waals surface area contributed by atoms with Crippen molar-refractivity contribution in [1.29, 1.82) is 0 Å². The number of nitrogens with zero attached hydrogens (tertiary/aromatic N) is 3. The van der Waals surface area contributed by atoms with Crippen LogP contribution in [0.3, 0.4) is 0 Å². The first-order valence-electron chi connectivity index (χ1n) is 18.2. The number of fused-ring (bicyclic) bond motifs is 1. The molecule has 0 aliphatic carbocycles. The molecule has 9 heteroatoms. The number of rotatable bonds is 11. The Morgan fingerprint density at radius 1 is 0.926 bits per heavy atom. The summed E-state index contributed by atoms with van der Waals surface area (Å²) >= 11 is 5.46. The SMILES string of the molecule is CC.C\C=C(/C=C\C(F)=C\Cl)c1ccc(C[C@@H](C(=O)N=C(C)N)N(CC(C)(C)C)C(=O)c2cc3ccc(Oc4ccc(C(C)(C)C)cc4)cc3cn2)cc1. The maximum atomic E-state index is 14.4.